The molecule has 4 saturated carbocycles. The summed E-state index contributed by atoms with van der Waals surface area (Å²) < 4.78 is 0. The van der Waals surface area contributed by atoms with Crippen molar-refractivity contribution >= 4 is 17.4 Å². The number of piperidine rings is 1. The van der Waals surface area contributed by atoms with Crippen molar-refractivity contribution < 1.29 is 9.90 Å². The summed E-state index contributed by atoms with van der Waals surface area (Å²) in [6, 6.07) is 13.9. The van der Waals surface area contributed by atoms with Crippen LogP contribution < -0.4 is 10.2 Å². The van der Waals surface area contributed by atoms with E-state index in [-0.39, 0.29) is 11.9 Å². The van der Waals surface area contributed by atoms with Crippen molar-refractivity contribution in [3.8, 4) is 0 Å². The zero-order valence-corrected chi connectivity index (χ0v) is 19.5. The molecule has 0 radical (unpaired) electrons. The van der Waals surface area contributed by atoms with Gasteiger partial charge in [0.2, 0.25) is 0 Å². The van der Waals surface area contributed by atoms with Crippen LogP contribution >= 0.6 is 0 Å². The third kappa shape index (κ3) is 3.96. The smallest absolute Gasteiger partial charge is 0.270 e. The second kappa shape index (κ2) is 8.39. The third-order valence-corrected chi connectivity index (χ3v) is 8.82. The van der Waals surface area contributed by atoms with Crippen LogP contribution in [0.4, 0.5) is 11.5 Å². The number of pyridine rings is 1. The van der Waals surface area contributed by atoms with Gasteiger partial charge in [0.15, 0.2) is 5.69 Å². The quantitative estimate of drug-likeness (QED) is 0.655. The fourth-order valence-electron chi connectivity index (χ4n) is 7.43. The van der Waals surface area contributed by atoms with E-state index in [0.717, 1.165) is 63.9 Å². The van der Waals surface area contributed by atoms with E-state index in [1.54, 1.807) is 0 Å². The molecule has 5 aliphatic rings. The van der Waals surface area contributed by atoms with E-state index in [9.17, 15) is 9.90 Å². The monoisotopic (exact) mass is 456 g/mol. The number of nitrogens with zero attached hydrogens (tertiary/aromatic N) is 3. The van der Waals surface area contributed by atoms with Gasteiger partial charge in [0.05, 0.1) is 12.2 Å². The first-order chi connectivity index (χ1) is 16.5. The van der Waals surface area contributed by atoms with Crippen molar-refractivity contribution in [1.29, 1.82) is 0 Å². The van der Waals surface area contributed by atoms with E-state index in [2.05, 4.69) is 27.2 Å². The zero-order chi connectivity index (χ0) is 23.3. The van der Waals surface area contributed by atoms with Gasteiger partial charge in [0.25, 0.3) is 5.91 Å². The van der Waals surface area contributed by atoms with Gasteiger partial charge in [-0.3, -0.25) is 4.79 Å². The molecule has 4 bridgehead atoms. The highest BCUT2D eigenvalue weighted by atomic mass is 16.3. The van der Waals surface area contributed by atoms with Gasteiger partial charge < -0.3 is 15.3 Å². The van der Waals surface area contributed by atoms with Crippen LogP contribution in [0.25, 0.3) is 4.85 Å². The van der Waals surface area contributed by atoms with Gasteiger partial charge in [-0.1, -0.05) is 30.3 Å². The molecule has 2 aromatic rings. The van der Waals surface area contributed by atoms with Crippen LogP contribution in [0.5, 0.6) is 0 Å². The SMILES string of the molecule is [C-]#[N+]c1ccc(C2CCN(c3cccc(C(=O)NC4C5CC6CC4CC(O)(C6)C5)n3)CC2)cc1. The first kappa shape index (κ1) is 21.6. The molecule has 1 saturated heterocycles. The van der Waals surface area contributed by atoms with E-state index in [4.69, 9.17) is 11.6 Å². The van der Waals surface area contributed by atoms with Crippen LogP contribution in [0.3, 0.4) is 0 Å². The summed E-state index contributed by atoms with van der Waals surface area (Å²) in [6.45, 7) is 8.93. The highest BCUT2D eigenvalue weighted by Crippen LogP contribution is 2.55. The topological polar surface area (TPSA) is 69.8 Å². The molecule has 1 amide bonds. The number of carbonyl (C=O) groups is 1. The lowest BCUT2D eigenvalue weighted by Crippen LogP contribution is -2.61. The predicted octanol–water partition coefficient (Wildman–Crippen LogP) is 4.69. The molecule has 4 aliphatic carbocycles. The minimum atomic E-state index is -0.485. The molecule has 2 heterocycles. The minimum absolute atomic E-state index is 0.0823. The lowest BCUT2D eigenvalue weighted by Gasteiger charge is -2.58. The molecule has 2 atom stereocenters. The zero-order valence-electron chi connectivity index (χ0n) is 19.5. The number of amides is 1. The predicted molar refractivity (Wildman–Crippen MR) is 131 cm³/mol. The maximum atomic E-state index is 13.2. The Morgan fingerprint density at radius 1 is 1.06 bits per heavy atom. The highest BCUT2D eigenvalue weighted by molar-refractivity contribution is 5.93. The molecular weight excluding hydrogens is 424 g/mol. The maximum absolute atomic E-state index is 13.2. The summed E-state index contributed by atoms with van der Waals surface area (Å²) in [7, 11) is 0. The molecule has 7 rings (SSSR count). The lowest BCUT2D eigenvalue weighted by atomic mass is 9.52. The average Bonchev–Trinajstić information content (AvgIpc) is 2.85. The van der Waals surface area contributed by atoms with Crippen LogP contribution in [-0.2, 0) is 0 Å². The second-order valence-corrected chi connectivity index (χ2v) is 11.0. The van der Waals surface area contributed by atoms with Gasteiger partial charge in [0, 0.05) is 19.1 Å². The van der Waals surface area contributed by atoms with Crippen LogP contribution in [0, 0.1) is 24.3 Å². The van der Waals surface area contributed by atoms with Gasteiger partial charge in [-0.05, 0) is 86.3 Å². The fraction of sp³-hybridized carbons (Fsp3) is 0.536. The molecule has 6 heteroatoms. The number of anilines is 1. The Morgan fingerprint density at radius 3 is 2.41 bits per heavy atom. The number of aliphatic hydroxyl groups is 1. The number of nitrogens with one attached hydrogen (secondary N) is 1. The number of hydrogen-bond acceptors (Lipinski definition) is 4. The first-order valence-electron chi connectivity index (χ1n) is 12.7. The fourth-order valence-corrected chi connectivity index (χ4v) is 7.43. The summed E-state index contributed by atoms with van der Waals surface area (Å²) in [5.41, 5.74) is 1.99. The Labute approximate surface area is 201 Å². The average molecular weight is 457 g/mol. The van der Waals surface area contributed by atoms with Gasteiger partial charge >= 0.3 is 0 Å². The van der Waals surface area contributed by atoms with Gasteiger partial charge in [0.1, 0.15) is 11.5 Å². The highest BCUT2D eigenvalue weighted by Gasteiger charge is 2.55. The summed E-state index contributed by atoms with van der Waals surface area (Å²) in [6.07, 6.45) is 6.94. The Morgan fingerprint density at radius 2 is 1.76 bits per heavy atom. The van der Waals surface area contributed by atoms with Crippen molar-refractivity contribution in [3.63, 3.8) is 0 Å². The Kier molecular flexibility index (Phi) is 5.33. The largest absolute Gasteiger partial charge is 0.390 e. The van der Waals surface area contributed by atoms with Crippen LogP contribution in [0.15, 0.2) is 42.5 Å². The Bertz CT molecular complexity index is 1100. The van der Waals surface area contributed by atoms with Gasteiger partial charge in [-0.25, -0.2) is 9.83 Å². The number of hydrogen-bond donors (Lipinski definition) is 2. The standard InChI is InChI=1S/C28H32N4O2/c1-29-23-7-5-19(6-8-23)20-9-11-32(12-10-20)25-4-2-3-24(30-25)27(33)31-26-21-13-18-14-22(26)17-28(34,15-18)16-21/h2-8,18,20-22,26,34H,9-17H2,(H,31,33). The van der Waals surface area contributed by atoms with E-state index >= 15 is 0 Å². The Hall–Kier alpha value is -2.91. The van der Waals surface area contributed by atoms with E-state index in [0.29, 0.717) is 35.1 Å². The molecule has 2 N–H and O–H groups in total. The molecule has 1 aliphatic heterocycles. The molecule has 34 heavy (non-hydrogen) atoms. The summed E-state index contributed by atoms with van der Waals surface area (Å²) in [5, 5.41) is 14.1. The summed E-state index contributed by atoms with van der Waals surface area (Å²) >= 11 is 0. The second-order valence-electron chi connectivity index (χ2n) is 11.0. The van der Waals surface area contributed by atoms with Crippen molar-refractivity contribution in [2.75, 3.05) is 18.0 Å². The van der Waals surface area contributed by atoms with Crippen LogP contribution in [0.1, 0.15) is 66.9 Å². The molecule has 2 unspecified atom stereocenters. The number of rotatable bonds is 4. The lowest BCUT2D eigenvalue weighted by molar-refractivity contribution is -0.136. The van der Waals surface area contributed by atoms with Gasteiger partial charge in [-0.15, -0.1) is 0 Å². The van der Waals surface area contributed by atoms with Crippen molar-refractivity contribution in [3.05, 3.63) is 65.1 Å². The van der Waals surface area contributed by atoms with Crippen molar-refractivity contribution in [2.24, 2.45) is 17.8 Å². The molecule has 6 nitrogen and oxygen atoms in total. The first-order valence-corrected chi connectivity index (χ1v) is 12.7. The molecular formula is C28H32N4O2. The van der Waals surface area contributed by atoms with E-state index < -0.39 is 5.60 Å². The summed E-state index contributed by atoms with van der Waals surface area (Å²) in [4.78, 5) is 23.7. The molecule has 0 spiro atoms. The minimum Gasteiger partial charge on any atom is -0.390 e. The number of carbonyl (C=O) groups excluding carboxylic acids is 1. The molecule has 1 aromatic carbocycles. The van der Waals surface area contributed by atoms with E-state index in [1.807, 2.05) is 30.3 Å². The van der Waals surface area contributed by atoms with Gasteiger partial charge in [-0.2, -0.15) is 0 Å². The molecule has 5 fully saturated rings. The van der Waals surface area contributed by atoms with Crippen molar-refractivity contribution in [1.82, 2.24) is 10.3 Å². The third-order valence-electron chi connectivity index (χ3n) is 8.82. The number of aromatic nitrogens is 1. The molecule has 176 valence electrons. The maximum Gasteiger partial charge on any atom is 0.270 e. The normalized spacial score (nSPS) is 32.4. The Balaban J connectivity index is 1.09. The molecule has 1 aromatic heterocycles. The van der Waals surface area contributed by atoms with E-state index in [1.165, 1.54) is 5.56 Å². The van der Waals surface area contributed by atoms with Crippen molar-refractivity contribution in [2.45, 2.75) is 62.5 Å². The van der Waals surface area contributed by atoms with Crippen LogP contribution in [0.2, 0.25) is 0 Å². The summed E-state index contributed by atoms with van der Waals surface area (Å²) in [5.74, 6) is 2.70. The number of benzene rings is 1. The van der Waals surface area contributed by atoms with Crippen LogP contribution in [-0.4, -0.2) is 40.7 Å².